The molecule has 5 heteroatoms. The number of nitrogen functional groups attached to an aromatic ring is 1. The highest BCUT2D eigenvalue weighted by atomic mass is 32.2. The highest BCUT2D eigenvalue weighted by molar-refractivity contribution is 7.99. The van der Waals surface area contributed by atoms with Crippen molar-refractivity contribution in [3.63, 3.8) is 0 Å². The normalized spacial score (nSPS) is 10.4. The predicted molar refractivity (Wildman–Crippen MR) is 91.5 cm³/mol. The molecule has 0 radical (unpaired) electrons. The van der Waals surface area contributed by atoms with E-state index in [4.69, 9.17) is 5.73 Å². The van der Waals surface area contributed by atoms with Gasteiger partial charge in [-0.25, -0.2) is 9.97 Å². The van der Waals surface area contributed by atoms with Gasteiger partial charge in [-0.1, -0.05) is 42.1 Å². The van der Waals surface area contributed by atoms with Gasteiger partial charge in [0.2, 0.25) is 0 Å². The third kappa shape index (κ3) is 3.38. The summed E-state index contributed by atoms with van der Waals surface area (Å²) in [7, 11) is 0. The molecule has 3 rings (SSSR count). The Balaban J connectivity index is 1.86. The van der Waals surface area contributed by atoms with Crippen molar-refractivity contribution in [2.45, 2.75) is 16.8 Å². The average Bonchev–Trinajstić information content (AvgIpc) is 2.52. The minimum Gasteiger partial charge on any atom is -0.394 e. The average molecular weight is 308 g/mol. The standard InChI is InChI=1S/C17H16N4S/c1-12-6-5-7-13(10-12)21-16-15(18)17(20-11-19-16)22-14-8-3-2-4-9-14/h2-11H,18H2,1H3,(H,19,20,21). The van der Waals surface area contributed by atoms with E-state index in [0.29, 0.717) is 11.5 Å². The van der Waals surface area contributed by atoms with Gasteiger partial charge in [0.05, 0.1) is 0 Å². The quantitative estimate of drug-likeness (QED) is 0.705. The van der Waals surface area contributed by atoms with Crippen LogP contribution in [0.4, 0.5) is 17.2 Å². The van der Waals surface area contributed by atoms with Crippen LogP contribution in [-0.2, 0) is 0 Å². The molecule has 1 heterocycles. The second-order valence-electron chi connectivity index (χ2n) is 4.85. The van der Waals surface area contributed by atoms with Crippen molar-refractivity contribution in [1.82, 2.24) is 9.97 Å². The number of benzene rings is 2. The minimum atomic E-state index is 0.554. The van der Waals surface area contributed by atoms with E-state index in [1.165, 1.54) is 23.7 Å². The van der Waals surface area contributed by atoms with Gasteiger partial charge in [-0.15, -0.1) is 0 Å². The second kappa shape index (κ2) is 6.49. The van der Waals surface area contributed by atoms with E-state index in [2.05, 4.69) is 15.3 Å². The van der Waals surface area contributed by atoms with Crippen molar-refractivity contribution in [3.05, 3.63) is 66.5 Å². The summed E-state index contributed by atoms with van der Waals surface area (Å²) >= 11 is 1.53. The number of anilines is 3. The lowest BCUT2D eigenvalue weighted by Crippen LogP contribution is -2.02. The van der Waals surface area contributed by atoms with E-state index in [9.17, 15) is 0 Å². The fraction of sp³-hybridized carbons (Fsp3) is 0.0588. The van der Waals surface area contributed by atoms with Gasteiger partial charge in [-0.3, -0.25) is 0 Å². The smallest absolute Gasteiger partial charge is 0.158 e. The Labute approximate surface area is 133 Å². The molecule has 4 nitrogen and oxygen atoms in total. The van der Waals surface area contributed by atoms with Gasteiger partial charge in [-0.2, -0.15) is 0 Å². The number of hydrogen-bond acceptors (Lipinski definition) is 5. The molecule has 1 aromatic heterocycles. The van der Waals surface area contributed by atoms with Gasteiger partial charge >= 0.3 is 0 Å². The zero-order valence-electron chi connectivity index (χ0n) is 12.2. The highest BCUT2D eigenvalue weighted by Crippen LogP contribution is 2.33. The van der Waals surface area contributed by atoms with Crippen molar-refractivity contribution in [3.8, 4) is 0 Å². The molecule has 0 aliphatic rings. The summed E-state index contributed by atoms with van der Waals surface area (Å²) in [6.45, 7) is 2.05. The van der Waals surface area contributed by atoms with E-state index >= 15 is 0 Å². The first-order chi connectivity index (χ1) is 10.7. The number of nitrogens with zero attached hydrogens (tertiary/aromatic N) is 2. The largest absolute Gasteiger partial charge is 0.394 e. The molecule has 0 fully saturated rings. The van der Waals surface area contributed by atoms with Crippen LogP contribution in [0, 0.1) is 6.92 Å². The molecule has 0 unspecified atom stereocenters. The number of nitrogens with one attached hydrogen (secondary N) is 1. The number of hydrogen-bond donors (Lipinski definition) is 2. The van der Waals surface area contributed by atoms with E-state index in [1.54, 1.807) is 0 Å². The molecule has 2 aromatic carbocycles. The van der Waals surface area contributed by atoms with Crippen LogP contribution in [0.3, 0.4) is 0 Å². The molecule has 3 N–H and O–H groups in total. The maximum Gasteiger partial charge on any atom is 0.158 e. The number of nitrogens with two attached hydrogens (primary N) is 1. The lowest BCUT2D eigenvalue weighted by molar-refractivity contribution is 1.06. The van der Waals surface area contributed by atoms with Crippen molar-refractivity contribution in [1.29, 1.82) is 0 Å². The molecular formula is C17H16N4S. The van der Waals surface area contributed by atoms with Gasteiger partial charge < -0.3 is 11.1 Å². The first-order valence-electron chi connectivity index (χ1n) is 6.89. The van der Waals surface area contributed by atoms with E-state index < -0.39 is 0 Å². The van der Waals surface area contributed by atoms with Crippen LogP contribution >= 0.6 is 11.8 Å². The van der Waals surface area contributed by atoms with Gasteiger partial charge in [0, 0.05) is 10.6 Å². The summed E-state index contributed by atoms with van der Waals surface area (Å²) in [5, 5.41) is 4.00. The molecule has 0 atom stereocenters. The topological polar surface area (TPSA) is 63.8 Å². The first-order valence-corrected chi connectivity index (χ1v) is 7.71. The molecule has 0 bridgehead atoms. The first kappa shape index (κ1) is 14.4. The maximum absolute atomic E-state index is 6.21. The van der Waals surface area contributed by atoms with Crippen molar-refractivity contribution in [2.75, 3.05) is 11.1 Å². The van der Waals surface area contributed by atoms with Gasteiger partial charge in [0.25, 0.3) is 0 Å². The second-order valence-corrected chi connectivity index (χ2v) is 5.91. The van der Waals surface area contributed by atoms with Gasteiger partial charge in [0.15, 0.2) is 5.82 Å². The highest BCUT2D eigenvalue weighted by Gasteiger charge is 2.09. The molecule has 22 heavy (non-hydrogen) atoms. The Morgan fingerprint density at radius 3 is 2.59 bits per heavy atom. The Morgan fingerprint density at radius 1 is 1.00 bits per heavy atom. The zero-order chi connectivity index (χ0) is 15.4. The lowest BCUT2D eigenvalue weighted by Gasteiger charge is -2.11. The SMILES string of the molecule is Cc1cccc(Nc2ncnc(Sc3ccccc3)c2N)c1. The van der Waals surface area contributed by atoms with Gasteiger partial charge in [-0.05, 0) is 36.8 Å². The maximum atomic E-state index is 6.21. The molecule has 0 spiro atoms. The molecule has 0 saturated heterocycles. The van der Waals surface area contributed by atoms with Crippen LogP contribution in [-0.4, -0.2) is 9.97 Å². The molecule has 0 aliphatic carbocycles. The third-order valence-corrected chi connectivity index (χ3v) is 4.11. The molecule has 0 saturated carbocycles. The summed E-state index contributed by atoms with van der Waals surface area (Å²) in [5.74, 6) is 0.624. The Hall–Kier alpha value is -2.53. The Bertz CT molecular complexity index is 775. The summed E-state index contributed by atoms with van der Waals surface area (Å²) in [5.41, 5.74) is 8.90. The monoisotopic (exact) mass is 308 g/mol. The fourth-order valence-corrected chi connectivity index (χ4v) is 2.84. The van der Waals surface area contributed by atoms with E-state index in [-0.39, 0.29) is 0 Å². The Kier molecular flexibility index (Phi) is 4.25. The van der Waals surface area contributed by atoms with Crippen LogP contribution in [0.25, 0.3) is 0 Å². The van der Waals surface area contributed by atoms with Crippen LogP contribution in [0.5, 0.6) is 0 Å². The van der Waals surface area contributed by atoms with Crippen LogP contribution in [0.15, 0.2) is 70.8 Å². The van der Waals surface area contributed by atoms with Crippen molar-refractivity contribution >= 4 is 29.0 Å². The zero-order valence-corrected chi connectivity index (χ0v) is 13.0. The molecule has 3 aromatic rings. The third-order valence-electron chi connectivity index (χ3n) is 3.09. The van der Waals surface area contributed by atoms with Gasteiger partial charge in [0.1, 0.15) is 17.0 Å². The molecule has 0 amide bonds. The fourth-order valence-electron chi connectivity index (χ4n) is 2.02. The van der Waals surface area contributed by atoms with Crippen LogP contribution in [0.1, 0.15) is 5.56 Å². The minimum absolute atomic E-state index is 0.554. The number of rotatable bonds is 4. The predicted octanol–water partition coefficient (Wildman–Crippen LogP) is 4.26. The van der Waals surface area contributed by atoms with E-state index in [0.717, 1.165) is 15.6 Å². The van der Waals surface area contributed by atoms with Crippen molar-refractivity contribution < 1.29 is 0 Å². The van der Waals surface area contributed by atoms with Crippen LogP contribution < -0.4 is 11.1 Å². The van der Waals surface area contributed by atoms with E-state index in [1.807, 2.05) is 61.5 Å². The lowest BCUT2D eigenvalue weighted by atomic mass is 10.2. The summed E-state index contributed by atoms with van der Waals surface area (Å²) in [6.07, 6.45) is 1.53. The molecule has 0 aliphatic heterocycles. The molecule has 110 valence electrons. The van der Waals surface area contributed by atoms with Crippen LogP contribution in [0.2, 0.25) is 0 Å². The number of aromatic nitrogens is 2. The Morgan fingerprint density at radius 2 is 1.82 bits per heavy atom. The summed E-state index contributed by atoms with van der Waals surface area (Å²) in [4.78, 5) is 9.62. The number of aryl methyl sites for hydroxylation is 1. The summed E-state index contributed by atoms with van der Waals surface area (Å²) < 4.78 is 0. The van der Waals surface area contributed by atoms with Crippen molar-refractivity contribution in [2.24, 2.45) is 0 Å². The molecular weight excluding hydrogens is 292 g/mol. The summed E-state index contributed by atoms with van der Waals surface area (Å²) in [6, 6.07) is 18.1.